The molecule has 0 saturated heterocycles. The predicted molar refractivity (Wildman–Crippen MR) is 113 cm³/mol. The Kier molecular flexibility index (Phi) is 8.96. The van der Waals surface area contributed by atoms with Crippen LogP contribution >= 0.6 is 24.0 Å². The molecule has 2 aromatic rings. The van der Waals surface area contributed by atoms with Gasteiger partial charge in [-0.1, -0.05) is 0 Å². The first-order valence-corrected chi connectivity index (χ1v) is 8.50. The summed E-state index contributed by atoms with van der Waals surface area (Å²) in [5.41, 5.74) is 0.485. The van der Waals surface area contributed by atoms with Crippen LogP contribution in [0.5, 0.6) is 23.0 Å². The molecule has 0 saturated carbocycles. The van der Waals surface area contributed by atoms with Gasteiger partial charge in [-0.3, -0.25) is 9.98 Å². The Hall–Kier alpha value is -2.57. The molecular formula is C18H21F2IN4O4. The number of pyridine rings is 1. The van der Waals surface area contributed by atoms with E-state index in [1.807, 2.05) is 6.07 Å². The van der Waals surface area contributed by atoms with E-state index < -0.39 is 6.61 Å². The summed E-state index contributed by atoms with van der Waals surface area (Å²) in [6, 6.07) is 6.59. The fourth-order valence-electron chi connectivity index (χ4n) is 2.48. The van der Waals surface area contributed by atoms with Gasteiger partial charge in [0.1, 0.15) is 18.1 Å². The van der Waals surface area contributed by atoms with Gasteiger partial charge in [0, 0.05) is 31.4 Å². The fourth-order valence-corrected chi connectivity index (χ4v) is 2.48. The Labute approximate surface area is 183 Å². The number of ether oxygens (including phenoxy) is 4. The molecule has 0 spiro atoms. The van der Waals surface area contributed by atoms with Crippen molar-refractivity contribution >= 4 is 29.9 Å². The Morgan fingerprint density at radius 1 is 1.28 bits per heavy atom. The second-order valence-electron chi connectivity index (χ2n) is 5.58. The molecule has 2 N–H and O–H groups in total. The molecule has 0 amide bonds. The van der Waals surface area contributed by atoms with Gasteiger partial charge < -0.3 is 29.6 Å². The average molecular weight is 522 g/mol. The van der Waals surface area contributed by atoms with Crippen molar-refractivity contribution in [3.8, 4) is 23.0 Å². The predicted octanol–water partition coefficient (Wildman–Crippen LogP) is 2.77. The number of nitrogens with one attached hydrogen (secondary N) is 2. The van der Waals surface area contributed by atoms with Crippen LogP contribution in [0.3, 0.4) is 0 Å². The number of nitrogens with zero attached hydrogens (tertiary/aromatic N) is 2. The summed E-state index contributed by atoms with van der Waals surface area (Å²) < 4.78 is 46.0. The van der Waals surface area contributed by atoms with E-state index in [1.54, 1.807) is 31.6 Å². The van der Waals surface area contributed by atoms with Crippen molar-refractivity contribution in [1.29, 1.82) is 0 Å². The van der Waals surface area contributed by atoms with Crippen molar-refractivity contribution in [1.82, 2.24) is 15.6 Å². The molecule has 1 aromatic carbocycles. The van der Waals surface area contributed by atoms with Gasteiger partial charge in [0.15, 0.2) is 17.5 Å². The van der Waals surface area contributed by atoms with Crippen LogP contribution in [0.4, 0.5) is 8.78 Å². The van der Waals surface area contributed by atoms with Gasteiger partial charge in [-0.05, 0) is 18.2 Å². The monoisotopic (exact) mass is 522 g/mol. The second kappa shape index (κ2) is 11.4. The zero-order valence-corrected chi connectivity index (χ0v) is 17.9. The number of hydrogen-bond acceptors (Lipinski definition) is 6. The molecule has 1 aromatic heterocycles. The topological polar surface area (TPSA) is 86.2 Å². The molecule has 0 bridgehead atoms. The van der Waals surface area contributed by atoms with E-state index in [0.29, 0.717) is 41.9 Å². The minimum Gasteiger partial charge on any atom is -0.490 e. The molecule has 0 fully saturated rings. The van der Waals surface area contributed by atoms with Crippen LogP contribution < -0.4 is 29.6 Å². The average Bonchev–Trinajstić information content (AvgIpc) is 3.15. The number of alkyl halides is 2. The van der Waals surface area contributed by atoms with E-state index >= 15 is 0 Å². The van der Waals surface area contributed by atoms with Crippen LogP contribution in [0, 0.1) is 0 Å². The van der Waals surface area contributed by atoms with Crippen LogP contribution in [-0.2, 0) is 6.54 Å². The molecule has 0 unspecified atom stereocenters. The van der Waals surface area contributed by atoms with Crippen LogP contribution in [0.25, 0.3) is 0 Å². The summed E-state index contributed by atoms with van der Waals surface area (Å²) in [7, 11) is 1.60. The van der Waals surface area contributed by atoms with Crippen LogP contribution in [-0.4, -0.2) is 44.5 Å². The molecule has 1 aliphatic heterocycles. The van der Waals surface area contributed by atoms with Gasteiger partial charge in [0.2, 0.25) is 6.79 Å². The number of benzene rings is 1. The number of aromatic nitrogens is 1. The van der Waals surface area contributed by atoms with Crippen molar-refractivity contribution < 1.29 is 27.7 Å². The lowest BCUT2D eigenvalue weighted by atomic mass is 10.1. The fraction of sp³-hybridized carbons (Fsp3) is 0.333. The van der Waals surface area contributed by atoms with E-state index in [-0.39, 0.29) is 43.1 Å². The SMILES string of the molecule is CN=C(NCCOc1cccnc1)NCc1cc2c(cc1OC(F)F)OCO2.I. The maximum atomic E-state index is 12.7. The van der Waals surface area contributed by atoms with Gasteiger partial charge in [0.25, 0.3) is 0 Å². The first kappa shape index (κ1) is 22.7. The Morgan fingerprint density at radius 2 is 2.07 bits per heavy atom. The highest BCUT2D eigenvalue weighted by Crippen LogP contribution is 2.38. The molecule has 3 rings (SSSR count). The van der Waals surface area contributed by atoms with Gasteiger partial charge in [-0.25, -0.2) is 0 Å². The maximum absolute atomic E-state index is 12.7. The van der Waals surface area contributed by atoms with E-state index in [4.69, 9.17) is 14.2 Å². The maximum Gasteiger partial charge on any atom is 0.387 e. The first-order valence-electron chi connectivity index (χ1n) is 8.50. The van der Waals surface area contributed by atoms with Gasteiger partial charge >= 0.3 is 6.61 Å². The van der Waals surface area contributed by atoms with Crippen molar-refractivity contribution in [2.24, 2.45) is 4.99 Å². The summed E-state index contributed by atoms with van der Waals surface area (Å²) in [5.74, 6) is 2.01. The molecular weight excluding hydrogens is 501 g/mol. The number of aliphatic imine (C=N–C) groups is 1. The summed E-state index contributed by atoms with van der Waals surface area (Å²) >= 11 is 0. The largest absolute Gasteiger partial charge is 0.490 e. The first-order chi connectivity index (χ1) is 13.7. The number of hydrogen-bond donors (Lipinski definition) is 2. The summed E-state index contributed by atoms with van der Waals surface area (Å²) in [5, 5.41) is 6.11. The number of halogens is 3. The molecule has 0 radical (unpaired) electrons. The highest BCUT2D eigenvalue weighted by atomic mass is 127. The van der Waals surface area contributed by atoms with Crippen molar-refractivity contribution in [3.63, 3.8) is 0 Å². The normalized spacial score (nSPS) is 12.3. The lowest BCUT2D eigenvalue weighted by molar-refractivity contribution is -0.0505. The van der Waals surface area contributed by atoms with Crippen LogP contribution in [0.2, 0.25) is 0 Å². The highest BCUT2D eigenvalue weighted by Gasteiger charge is 2.20. The zero-order valence-electron chi connectivity index (χ0n) is 15.6. The standard InChI is InChI=1S/C18H20F2N4O4.HI/c1-21-18(23-5-6-25-13-3-2-4-22-10-13)24-9-12-7-15-16(27-11-26-15)8-14(12)28-17(19)20;/h2-4,7-8,10,17H,5-6,9,11H2,1H3,(H2,21,23,24);1H. The van der Waals surface area contributed by atoms with Gasteiger partial charge in [0.05, 0.1) is 12.7 Å². The van der Waals surface area contributed by atoms with Crippen molar-refractivity contribution in [3.05, 3.63) is 42.2 Å². The summed E-state index contributed by atoms with van der Waals surface area (Å²) in [6.07, 6.45) is 3.29. The third-order valence-electron chi connectivity index (χ3n) is 3.74. The van der Waals surface area contributed by atoms with E-state index in [9.17, 15) is 8.78 Å². The molecule has 0 atom stereocenters. The molecule has 158 valence electrons. The Morgan fingerprint density at radius 3 is 2.76 bits per heavy atom. The molecule has 0 aliphatic carbocycles. The lowest BCUT2D eigenvalue weighted by Crippen LogP contribution is -2.39. The number of rotatable bonds is 8. The molecule has 2 heterocycles. The van der Waals surface area contributed by atoms with E-state index in [0.717, 1.165) is 0 Å². The lowest BCUT2D eigenvalue weighted by Gasteiger charge is -2.15. The van der Waals surface area contributed by atoms with Gasteiger partial charge in [-0.2, -0.15) is 8.78 Å². The second-order valence-corrected chi connectivity index (χ2v) is 5.58. The van der Waals surface area contributed by atoms with Crippen molar-refractivity contribution in [2.75, 3.05) is 27.0 Å². The van der Waals surface area contributed by atoms with Gasteiger partial charge in [-0.15, -0.1) is 24.0 Å². The molecule has 8 nitrogen and oxygen atoms in total. The minimum atomic E-state index is -2.94. The van der Waals surface area contributed by atoms with Crippen LogP contribution in [0.1, 0.15) is 5.56 Å². The summed E-state index contributed by atoms with van der Waals surface area (Å²) in [4.78, 5) is 8.06. The molecule has 1 aliphatic rings. The Balaban J connectivity index is 0.00000300. The number of fused-ring (bicyclic) bond motifs is 1. The number of guanidine groups is 1. The van der Waals surface area contributed by atoms with Crippen LogP contribution in [0.15, 0.2) is 41.7 Å². The zero-order chi connectivity index (χ0) is 19.8. The van der Waals surface area contributed by atoms with E-state index in [1.165, 1.54) is 6.07 Å². The molecule has 11 heteroatoms. The quantitative estimate of drug-likeness (QED) is 0.239. The highest BCUT2D eigenvalue weighted by molar-refractivity contribution is 14.0. The van der Waals surface area contributed by atoms with E-state index in [2.05, 4.69) is 25.3 Å². The minimum absolute atomic E-state index is 0. The third kappa shape index (κ3) is 6.76. The molecule has 29 heavy (non-hydrogen) atoms. The smallest absolute Gasteiger partial charge is 0.387 e. The summed E-state index contributed by atoms with van der Waals surface area (Å²) in [6.45, 7) is -1.82. The third-order valence-corrected chi connectivity index (χ3v) is 3.74. The Bertz CT molecular complexity index is 812. The van der Waals surface area contributed by atoms with Crippen molar-refractivity contribution in [2.45, 2.75) is 13.2 Å².